The van der Waals surface area contributed by atoms with Crippen molar-refractivity contribution in [2.45, 2.75) is 43.9 Å². The maximum Gasteiger partial charge on any atom is 0.251 e. The summed E-state index contributed by atoms with van der Waals surface area (Å²) in [6.07, 6.45) is 1.46. The van der Waals surface area contributed by atoms with E-state index < -0.39 is 0 Å². The van der Waals surface area contributed by atoms with Crippen LogP contribution in [0.2, 0.25) is 0 Å². The van der Waals surface area contributed by atoms with Crippen LogP contribution in [0.1, 0.15) is 35.2 Å². The number of rotatable bonds is 8. The molecule has 186 valence electrons. The van der Waals surface area contributed by atoms with Crippen LogP contribution in [0, 0.1) is 5.82 Å². The third-order valence-electron chi connectivity index (χ3n) is 6.71. The summed E-state index contributed by atoms with van der Waals surface area (Å²) in [5.74, 6) is -0.587. The topological polar surface area (TPSA) is 93.8 Å². The smallest absolute Gasteiger partial charge is 0.251 e. The Kier molecular flexibility index (Phi) is 7.65. The molecule has 2 heterocycles. The van der Waals surface area contributed by atoms with E-state index in [4.69, 9.17) is 0 Å². The van der Waals surface area contributed by atoms with Crippen molar-refractivity contribution in [2.24, 2.45) is 0 Å². The molecule has 0 bridgehead atoms. The molecule has 2 aromatic rings. The van der Waals surface area contributed by atoms with Crippen LogP contribution < -0.4 is 20.9 Å². The molecule has 0 aliphatic carbocycles. The molecule has 2 saturated heterocycles. The molecule has 8 nitrogen and oxygen atoms in total. The van der Waals surface area contributed by atoms with Crippen LogP contribution in [0.25, 0.3) is 0 Å². The first-order valence-electron chi connectivity index (χ1n) is 11.9. The Morgan fingerprint density at radius 2 is 1.83 bits per heavy atom. The third-order valence-corrected chi connectivity index (χ3v) is 6.71. The summed E-state index contributed by atoms with van der Waals surface area (Å²) in [5, 5.41) is 8.88. The highest BCUT2D eigenvalue weighted by Crippen LogP contribution is 2.26. The first kappa shape index (κ1) is 24.7. The molecule has 2 aromatic carbocycles. The van der Waals surface area contributed by atoms with E-state index in [0.29, 0.717) is 44.5 Å². The molecule has 2 aliphatic heterocycles. The lowest BCUT2D eigenvalue weighted by Crippen LogP contribution is -2.58. The zero-order valence-corrected chi connectivity index (χ0v) is 20.1. The van der Waals surface area contributed by atoms with Crippen LogP contribution in [-0.2, 0) is 16.1 Å². The molecule has 4 rings (SSSR count). The van der Waals surface area contributed by atoms with Crippen molar-refractivity contribution in [1.29, 1.82) is 0 Å². The Morgan fingerprint density at radius 1 is 1.11 bits per heavy atom. The second-order valence-corrected chi connectivity index (χ2v) is 9.40. The Balaban J connectivity index is 1.28. The summed E-state index contributed by atoms with van der Waals surface area (Å²) in [7, 11) is 3.89. The van der Waals surface area contributed by atoms with Crippen molar-refractivity contribution in [3.63, 3.8) is 0 Å². The molecular weight excluding hydrogens is 449 g/mol. The van der Waals surface area contributed by atoms with Crippen LogP contribution in [0.15, 0.2) is 48.5 Å². The fourth-order valence-corrected chi connectivity index (χ4v) is 4.72. The molecule has 3 atom stereocenters. The Labute approximate surface area is 204 Å². The van der Waals surface area contributed by atoms with E-state index in [2.05, 4.69) is 20.9 Å². The number of nitrogens with one attached hydrogen (secondary N) is 3. The molecule has 3 amide bonds. The van der Waals surface area contributed by atoms with E-state index >= 15 is 0 Å². The monoisotopic (exact) mass is 481 g/mol. The lowest BCUT2D eigenvalue weighted by atomic mass is 10.0. The molecule has 3 N–H and O–H groups in total. The first-order valence-corrected chi connectivity index (χ1v) is 11.9. The zero-order valence-electron chi connectivity index (χ0n) is 20.1. The Bertz CT molecular complexity index is 1060. The number of carbonyl (C=O) groups is 3. The molecule has 0 aromatic heterocycles. The standard InChI is InChI=1S/C26H32FN5O3/c1-31(2)21-9-5-18(6-10-21)25(34)30-20-13-23-26(35)29-15-22(32(23)16-20)11-12-24(33)28-14-17-3-7-19(27)8-4-17/h3-10,20,22-23H,11-16H2,1-2H3,(H,28,33)(H,29,35)(H,30,34)/t20-,22+,23-/m0/s1. The Hall–Kier alpha value is -3.46. The second-order valence-electron chi connectivity index (χ2n) is 9.40. The fourth-order valence-electron chi connectivity index (χ4n) is 4.72. The van der Waals surface area contributed by atoms with Gasteiger partial charge in [0.1, 0.15) is 5.82 Å². The minimum Gasteiger partial charge on any atom is -0.378 e. The summed E-state index contributed by atoms with van der Waals surface area (Å²) >= 11 is 0. The van der Waals surface area contributed by atoms with Gasteiger partial charge in [-0.2, -0.15) is 0 Å². The Morgan fingerprint density at radius 3 is 2.51 bits per heavy atom. The highest BCUT2D eigenvalue weighted by Gasteiger charge is 2.43. The number of anilines is 1. The van der Waals surface area contributed by atoms with Crippen LogP contribution in [0.4, 0.5) is 10.1 Å². The quantitative estimate of drug-likeness (QED) is 0.533. The number of carbonyl (C=O) groups excluding carboxylic acids is 3. The van der Waals surface area contributed by atoms with Gasteiger partial charge in [-0.3, -0.25) is 19.3 Å². The largest absolute Gasteiger partial charge is 0.378 e. The number of hydrogen-bond donors (Lipinski definition) is 3. The van der Waals surface area contributed by atoms with E-state index in [-0.39, 0.29) is 41.7 Å². The van der Waals surface area contributed by atoms with Gasteiger partial charge < -0.3 is 20.9 Å². The molecule has 0 spiro atoms. The molecular formula is C26H32FN5O3. The lowest BCUT2D eigenvalue weighted by molar-refractivity contribution is -0.129. The highest BCUT2D eigenvalue weighted by atomic mass is 19.1. The number of benzene rings is 2. The van der Waals surface area contributed by atoms with E-state index in [1.807, 2.05) is 31.1 Å². The molecule has 2 aliphatic rings. The summed E-state index contributed by atoms with van der Waals surface area (Å²) in [5.41, 5.74) is 2.43. The van der Waals surface area contributed by atoms with Crippen LogP contribution in [0.3, 0.4) is 0 Å². The number of hydrogen-bond acceptors (Lipinski definition) is 5. The van der Waals surface area contributed by atoms with Crippen molar-refractivity contribution in [3.05, 3.63) is 65.5 Å². The first-order chi connectivity index (χ1) is 16.8. The van der Waals surface area contributed by atoms with Gasteiger partial charge in [0, 0.05) is 63.5 Å². The van der Waals surface area contributed by atoms with Crippen LogP contribution in [0.5, 0.6) is 0 Å². The number of nitrogens with zero attached hydrogens (tertiary/aromatic N) is 2. The van der Waals surface area contributed by atoms with Crippen LogP contribution >= 0.6 is 0 Å². The number of fused-ring (bicyclic) bond motifs is 1. The van der Waals surface area contributed by atoms with E-state index in [0.717, 1.165) is 11.3 Å². The van der Waals surface area contributed by atoms with Crippen molar-refractivity contribution in [2.75, 3.05) is 32.1 Å². The normalized spacial score (nSPS) is 21.7. The number of piperazine rings is 1. The molecule has 0 radical (unpaired) electrons. The van der Waals surface area contributed by atoms with Crippen molar-refractivity contribution in [1.82, 2.24) is 20.9 Å². The summed E-state index contributed by atoms with van der Waals surface area (Å²) in [6.45, 7) is 1.39. The maximum atomic E-state index is 13.0. The molecule has 0 saturated carbocycles. The van der Waals surface area contributed by atoms with Gasteiger partial charge in [0.05, 0.1) is 6.04 Å². The average Bonchev–Trinajstić information content (AvgIpc) is 3.28. The third kappa shape index (κ3) is 6.16. The van der Waals surface area contributed by atoms with Gasteiger partial charge in [-0.25, -0.2) is 4.39 Å². The zero-order chi connectivity index (χ0) is 24.9. The van der Waals surface area contributed by atoms with Crippen molar-refractivity contribution in [3.8, 4) is 0 Å². The van der Waals surface area contributed by atoms with E-state index in [1.165, 1.54) is 12.1 Å². The van der Waals surface area contributed by atoms with Crippen LogP contribution in [-0.4, -0.2) is 67.9 Å². The van der Waals surface area contributed by atoms with Crippen molar-refractivity contribution >= 4 is 23.4 Å². The summed E-state index contributed by atoms with van der Waals surface area (Å²) in [6, 6.07) is 13.0. The van der Waals surface area contributed by atoms with Gasteiger partial charge in [0.25, 0.3) is 5.91 Å². The number of amides is 3. The molecule has 35 heavy (non-hydrogen) atoms. The van der Waals surface area contributed by atoms with Gasteiger partial charge in [-0.05, 0) is 54.8 Å². The second kappa shape index (κ2) is 10.9. The molecule has 0 unspecified atom stereocenters. The van der Waals surface area contributed by atoms with Gasteiger partial charge in [0.15, 0.2) is 0 Å². The lowest BCUT2D eigenvalue weighted by Gasteiger charge is -2.37. The molecule has 2 fully saturated rings. The van der Waals surface area contributed by atoms with Crippen molar-refractivity contribution < 1.29 is 18.8 Å². The van der Waals surface area contributed by atoms with Gasteiger partial charge in [-0.15, -0.1) is 0 Å². The number of halogens is 1. The predicted molar refractivity (Wildman–Crippen MR) is 131 cm³/mol. The van der Waals surface area contributed by atoms with E-state index in [1.54, 1.807) is 24.3 Å². The summed E-state index contributed by atoms with van der Waals surface area (Å²) < 4.78 is 13.0. The predicted octanol–water partition coefficient (Wildman–Crippen LogP) is 1.66. The minimum absolute atomic E-state index is 0.0237. The fraction of sp³-hybridized carbons (Fsp3) is 0.423. The van der Waals surface area contributed by atoms with E-state index in [9.17, 15) is 18.8 Å². The summed E-state index contributed by atoms with van der Waals surface area (Å²) in [4.78, 5) is 41.7. The SMILES string of the molecule is CN(C)c1ccc(C(=O)N[C@H]2C[C@H]3C(=O)NC[C@@H](CCC(=O)NCc4ccc(F)cc4)N3C2)cc1. The average molecular weight is 482 g/mol. The van der Waals surface area contributed by atoms with Gasteiger partial charge in [-0.1, -0.05) is 12.1 Å². The van der Waals surface area contributed by atoms with Gasteiger partial charge in [0.2, 0.25) is 11.8 Å². The van der Waals surface area contributed by atoms with Gasteiger partial charge >= 0.3 is 0 Å². The minimum atomic E-state index is -0.309. The molecule has 9 heteroatoms. The highest BCUT2D eigenvalue weighted by molar-refractivity contribution is 5.95. The maximum absolute atomic E-state index is 13.0.